The molecule has 0 radical (unpaired) electrons. The molecule has 2 amide bonds. The fraction of sp³-hybridized carbons (Fsp3) is 0.818. The van der Waals surface area contributed by atoms with Gasteiger partial charge in [0.25, 0.3) is 0 Å². The molecule has 0 aromatic heterocycles. The van der Waals surface area contributed by atoms with Crippen LogP contribution in [0, 0.1) is 0 Å². The van der Waals surface area contributed by atoms with Gasteiger partial charge in [-0.1, -0.05) is 15.9 Å². The quantitative estimate of drug-likeness (QED) is 0.571. The first-order valence-electron chi connectivity index (χ1n) is 5.85. The van der Waals surface area contributed by atoms with Crippen molar-refractivity contribution in [3.05, 3.63) is 0 Å². The topological polar surface area (TPSA) is 88.1 Å². The molecular formula is C11H21BrN2O5. The van der Waals surface area contributed by atoms with Crippen molar-refractivity contribution >= 4 is 28.1 Å². The molecule has 0 saturated carbocycles. The first kappa shape index (κ1) is 18.0. The molecule has 0 fully saturated rings. The summed E-state index contributed by atoms with van der Waals surface area (Å²) >= 11 is 3.13. The van der Waals surface area contributed by atoms with Crippen LogP contribution in [-0.2, 0) is 9.57 Å². The second kappa shape index (κ2) is 8.21. The van der Waals surface area contributed by atoms with Gasteiger partial charge in [-0.3, -0.25) is 4.84 Å². The van der Waals surface area contributed by atoms with E-state index >= 15 is 0 Å². The zero-order valence-corrected chi connectivity index (χ0v) is 13.2. The molecule has 0 aromatic carbocycles. The molecule has 0 unspecified atom stereocenters. The summed E-state index contributed by atoms with van der Waals surface area (Å²) in [5, 5.41) is 12.6. The molecule has 0 saturated heterocycles. The van der Waals surface area contributed by atoms with Gasteiger partial charge in [0.15, 0.2) is 0 Å². The minimum atomic E-state index is -1.18. The normalized spacial score (nSPS) is 12.7. The van der Waals surface area contributed by atoms with Gasteiger partial charge in [0.2, 0.25) is 0 Å². The van der Waals surface area contributed by atoms with Crippen molar-refractivity contribution in [3.8, 4) is 0 Å². The number of carboxylic acid groups (broad SMARTS) is 1. The van der Waals surface area contributed by atoms with E-state index < -0.39 is 23.9 Å². The molecule has 19 heavy (non-hydrogen) atoms. The molecular weight excluding hydrogens is 320 g/mol. The van der Waals surface area contributed by atoms with Gasteiger partial charge in [0, 0.05) is 11.9 Å². The lowest BCUT2D eigenvalue weighted by molar-refractivity contribution is -0.160. The minimum absolute atomic E-state index is 0.154. The summed E-state index contributed by atoms with van der Waals surface area (Å²) in [6, 6.07) is 0. The van der Waals surface area contributed by atoms with Gasteiger partial charge >= 0.3 is 12.2 Å². The van der Waals surface area contributed by atoms with Crippen molar-refractivity contribution in [2.24, 2.45) is 0 Å². The van der Waals surface area contributed by atoms with E-state index in [1.165, 1.54) is 0 Å². The van der Waals surface area contributed by atoms with Crippen molar-refractivity contribution in [3.63, 3.8) is 0 Å². The number of hydrogen-bond acceptors (Lipinski definition) is 4. The van der Waals surface area contributed by atoms with Crippen LogP contribution in [0.5, 0.6) is 0 Å². The maximum Gasteiger partial charge on any atom is 0.431 e. The maximum atomic E-state index is 11.4. The van der Waals surface area contributed by atoms with Crippen LogP contribution in [0.3, 0.4) is 0 Å². The Morgan fingerprint density at radius 2 is 2.00 bits per heavy atom. The Kier molecular flexibility index (Phi) is 7.77. The summed E-state index contributed by atoms with van der Waals surface area (Å²) in [5.41, 5.74) is -0.572. The number of alkyl carbamates (subject to hydrolysis) is 1. The predicted octanol–water partition coefficient (Wildman–Crippen LogP) is 2.21. The Labute approximate surface area is 121 Å². The summed E-state index contributed by atoms with van der Waals surface area (Å²) < 4.78 is 5.05. The van der Waals surface area contributed by atoms with Crippen molar-refractivity contribution in [2.45, 2.75) is 39.4 Å². The predicted molar refractivity (Wildman–Crippen MR) is 73.3 cm³/mol. The van der Waals surface area contributed by atoms with Crippen molar-refractivity contribution < 1.29 is 24.3 Å². The van der Waals surface area contributed by atoms with Gasteiger partial charge in [-0.15, -0.1) is 0 Å². The monoisotopic (exact) mass is 340 g/mol. The van der Waals surface area contributed by atoms with Crippen LogP contribution in [0.1, 0.15) is 27.7 Å². The molecule has 0 bridgehead atoms. The summed E-state index contributed by atoms with van der Waals surface area (Å²) in [6.07, 6.45) is -2.23. The summed E-state index contributed by atoms with van der Waals surface area (Å²) in [6.45, 7) is 7.28. The number of nitrogens with one attached hydrogen (secondary N) is 1. The number of rotatable bonds is 6. The van der Waals surface area contributed by atoms with Crippen LogP contribution >= 0.6 is 15.9 Å². The highest BCUT2D eigenvalue weighted by Gasteiger charge is 2.19. The third kappa shape index (κ3) is 9.54. The smallest absolute Gasteiger partial charge is 0.431 e. The lowest BCUT2D eigenvalue weighted by Gasteiger charge is -2.23. The van der Waals surface area contributed by atoms with Gasteiger partial charge in [0.05, 0.1) is 6.54 Å². The number of halogens is 1. The van der Waals surface area contributed by atoms with E-state index in [2.05, 4.69) is 21.2 Å². The van der Waals surface area contributed by atoms with E-state index in [0.29, 0.717) is 5.33 Å². The van der Waals surface area contributed by atoms with Crippen LogP contribution in [0.2, 0.25) is 0 Å². The Bertz CT molecular complexity index is 306. The molecule has 0 heterocycles. The molecule has 0 spiro atoms. The van der Waals surface area contributed by atoms with Gasteiger partial charge in [-0.25, -0.2) is 9.59 Å². The lowest BCUT2D eigenvalue weighted by Crippen LogP contribution is -2.41. The van der Waals surface area contributed by atoms with Gasteiger partial charge in [-0.2, -0.15) is 5.06 Å². The van der Waals surface area contributed by atoms with E-state index in [9.17, 15) is 9.59 Å². The number of alkyl halides is 1. The number of ether oxygens (including phenoxy) is 1. The number of amides is 2. The standard InChI is InChI=1S/C11H21BrN2O5/c1-8(19-14(6-5-12)10(16)17)7-13-9(15)18-11(2,3)4/h8H,5-7H2,1-4H3,(H,13,15)(H,16,17)/t8-/m0/s1. The zero-order chi connectivity index (χ0) is 15.1. The Morgan fingerprint density at radius 3 is 2.42 bits per heavy atom. The SMILES string of the molecule is C[C@@H](CNC(=O)OC(C)(C)C)ON(CCBr)C(=O)O. The molecule has 0 aliphatic carbocycles. The van der Waals surface area contributed by atoms with E-state index in [0.717, 1.165) is 5.06 Å². The summed E-state index contributed by atoms with van der Waals surface area (Å²) in [4.78, 5) is 27.4. The molecule has 0 aromatic rings. The molecule has 0 rings (SSSR count). The van der Waals surface area contributed by atoms with Crippen molar-refractivity contribution in [1.82, 2.24) is 10.4 Å². The number of carbonyl (C=O) groups is 2. The number of hydrogen-bond donors (Lipinski definition) is 2. The number of carbonyl (C=O) groups excluding carboxylic acids is 1. The van der Waals surface area contributed by atoms with Crippen LogP contribution in [0.25, 0.3) is 0 Å². The third-order valence-electron chi connectivity index (χ3n) is 1.74. The second-order valence-corrected chi connectivity index (χ2v) is 5.67. The van der Waals surface area contributed by atoms with Crippen LogP contribution in [0.15, 0.2) is 0 Å². The summed E-state index contributed by atoms with van der Waals surface area (Å²) in [5.74, 6) is 0. The molecule has 0 aliphatic heterocycles. The average Bonchev–Trinajstić information content (AvgIpc) is 2.23. The van der Waals surface area contributed by atoms with E-state index in [1.807, 2.05) is 0 Å². The molecule has 2 N–H and O–H groups in total. The molecule has 1 atom stereocenters. The van der Waals surface area contributed by atoms with Gasteiger partial charge in [-0.05, 0) is 27.7 Å². The number of nitrogens with zero attached hydrogens (tertiary/aromatic N) is 1. The van der Waals surface area contributed by atoms with Crippen molar-refractivity contribution in [2.75, 3.05) is 18.4 Å². The number of hydroxylamine groups is 2. The van der Waals surface area contributed by atoms with E-state index in [1.54, 1.807) is 27.7 Å². The molecule has 7 nitrogen and oxygen atoms in total. The molecule has 112 valence electrons. The fourth-order valence-electron chi connectivity index (χ4n) is 1.07. The van der Waals surface area contributed by atoms with Crippen LogP contribution < -0.4 is 5.32 Å². The Morgan fingerprint density at radius 1 is 1.42 bits per heavy atom. The van der Waals surface area contributed by atoms with Crippen LogP contribution in [-0.4, -0.2) is 52.5 Å². The highest BCUT2D eigenvalue weighted by Crippen LogP contribution is 2.06. The lowest BCUT2D eigenvalue weighted by atomic mass is 10.2. The third-order valence-corrected chi connectivity index (χ3v) is 2.10. The van der Waals surface area contributed by atoms with E-state index in [4.69, 9.17) is 14.7 Å². The maximum absolute atomic E-state index is 11.4. The molecule has 0 aliphatic rings. The first-order valence-corrected chi connectivity index (χ1v) is 6.98. The average molecular weight is 341 g/mol. The van der Waals surface area contributed by atoms with Gasteiger partial charge < -0.3 is 15.2 Å². The minimum Gasteiger partial charge on any atom is -0.463 e. The highest BCUT2D eigenvalue weighted by molar-refractivity contribution is 9.09. The van der Waals surface area contributed by atoms with Gasteiger partial charge in [0.1, 0.15) is 11.7 Å². The fourth-order valence-corrected chi connectivity index (χ4v) is 1.39. The largest absolute Gasteiger partial charge is 0.463 e. The van der Waals surface area contributed by atoms with Crippen molar-refractivity contribution in [1.29, 1.82) is 0 Å². The second-order valence-electron chi connectivity index (χ2n) is 4.87. The summed E-state index contributed by atoms with van der Waals surface area (Å²) in [7, 11) is 0. The van der Waals surface area contributed by atoms with E-state index in [-0.39, 0.29) is 13.1 Å². The zero-order valence-electron chi connectivity index (χ0n) is 11.6. The van der Waals surface area contributed by atoms with Crippen LogP contribution in [0.4, 0.5) is 9.59 Å². The first-order chi connectivity index (χ1) is 8.65. The highest BCUT2D eigenvalue weighted by atomic mass is 79.9. The Hall–Kier alpha value is -1.02. The Balaban J connectivity index is 4.06. The molecule has 8 heteroatoms.